The molecule has 0 amide bonds. The molecule has 0 bridgehead atoms. The number of esters is 1. The highest BCUT2D eigenvalue weighted by Gasteiger charge is 2.25. The Labute approximate surface area is 103 Å². The summed E-state index contributed by atoms with van der Waals surface area (Å²) >= 11 is 2.17. The molecule has 0 aliphatic heterocycles. The molecule has 0 aromatic carbocycles. The summed E-state index contributed by atoms with van der Waals surface area (Å²) in [4.78, 5) is 11.7. The molecular weight excluding hydrogens is 307 g/mol. The summed E-state index contributed by atoms with van der Waals surface area (Å²) in [6.07, 6.45) is 3.58. The van der Waals surface area contributed by atoms with Gasteiger partial charge < -0.3 is 4.74 Å². The van der Waals surface area contributed by atoms with Crippen molar-refractivity contribution in [1.82, 2.24) is 9.78 Å². The minimum Gasteiger partial charge on any atom is -0.464 e. The van der Waals surface area contributed by atoms with E-state index in [4.69, 9.17) is 4.74 Å². The van der Waals surface area contributed by atoms with E-state index in [2.05, 4.69) is 27.7 Å². The summed E-state index contributed by atoms with van der Waals surface area (Å²) in [5.41, 5.74) is 0. The van der Waals surface area contributed by atoms with Gasteiger partial charge in [-0.2, -0.15) is 5.10 Å². The highest BCUT2D eigenvalue weighted by atomic mass is 127. The quantitative estimate of drug-likeness (QED) is 0.631. The molecule has 0 N–H and O–H groups in total. The van der Waals surface area contributed by atoms with Gasteiger partial charge in [0.2, 0.25) is 0 Å². The fourth-order valence-electron chi connectivity index (χ4n) is 1.38. The molecule has 1 rings (SSSR count). The predicted molar refractivity (Wildman–Crippen MR) is 65.5 cm³/mol. The molecular formula is C10H15IN2O2. The third-order valence-corrected chi connectivity index (χ3v) is 2.57. The van der Waals surface area contributed by atoms with Crippen LogP contribution in [0.4, 0.5) is 0 Å². The van der Waals surface area contributed by atoms with E-state index in [1.165, 1.54) is 0 Å². The van der Waals surface area contributed by atoms with Crippen molar-refractivity contribution in [3.63, 3.8) is 0 Å². The van der Waals surface area contributed by atoms with Crippen molar-refractivity contribution in [1.29, 1.82) is 0 Å². The number of carbonyl (C=O) groups excluding carboxylic acids is 1. The van der Waals surface area contributed by atoms with E-state index in [0.29, 0.717) is 6.61 Å². The Hall–Kier alpha value is -0.590. The van der Waals surface area contributed by atoms with Crippen molar-refractivity contribution in [3.8, 4) is 0 Å². The summed E-state index contributed by atoms with van der Waals surface area (Å²) in [7, 11) is 0. The Bertz CT molecular complexity index is 336. The summed E-state index contributed by atoms with van der Waals surface area (Å²) in [6.45, 7) is 6.18. The lowest BCUT2D eigenvalue weighted by atomic mass is 10.1. The number of ether oxygens (including phenoxy) is 1. The molecule has 1 aromatic rings. The number of hydrogen-bond acceptors (Lipinski definition) is 3. The Balaban J connectivity index is 2.88. The molecule has 0 saturated carbocycles. The van der Waals surface area contributed by atoms with E-state index in [9.17, 15) is 4.79 Å². The molecule has 1 aromatic heterocycles. The summed E-state index contributed by atoms with van der Waals surface area (Å²) in [5, 5.41) is 4.15. The Morgan fingerprint density at radius 1 is 1.67 bits per heavy atom. The van der Waals surface area contributed by atoms with Gasteiger partial charge in [0, 0.05) is 6.20 Å². The topological polar surface area (TPSA) is 44.1 Å². The molecule has 1 unspecified atom stereocenters. The summed E-state index contributed by atoms with van der Waals surface area (Å²) in [6, 6.07) is -0.325. The summed E-state index contributed by atoms with van der Waals surface area (Å²) in [5.74, 6) is -0.0493. The number of hydrogen-bond donors (Lipinski definition) is 0. The zero-order valence-corrected chi connectivity index (χ0v) is 11.3. The third kappa shape index (κ3) is 3.19. The van der Waals surface area contributed by atoms with Crippen LogP contribution in [0.3, 0.4) is 0 Å². The molecule has 15 heavy (non-hydrogen) atoms. The van der Waals surface area contributed by atoms with E-state index in [1.807, 2.05) is 27.0 Å². The van der Waals surface area contributed by atoms with Gasteiger partial charge in [-0.25, -0.2) is 4.79 Å². The van der Waals surface area contributed by atoms with Gasteiger partial charge in [-0.05, 0) is 35.4 Å². The number of nitrogens with zero attached hydrogens (tertiary/aromatic N) is 2. The average molecular weight is 322 g/mol. The molecule has 0 radical (unpaired) electrons. The second kappa shape index (κ2) is 5.48. The van der Waals surface area contributed by atoms with Gasteiger partial charge in [0.25, 0.3) is 0 Å². The molecule has 0 spiro atoms. The van der Waals surface area contributed by atoms with Gasteiger partial charge in [0.05, 0.1) is 16.4 Å². The third-order valence-electron chi connectivity index (χ3n) is 2.01. The first-order chi connectivity index (χ1) is 7.06. The van der Waals surface area contributed by atoms with E-state index in [0.717, 1.165) is 3.57 Å². The van der Waals surface area contributed by atoms with Crippen molar-refractivity contribution >= 4 is 28.6 Å². The van der Waals surface area contributed by atoms with E-state index in [1.54, 1.807) is 10.9 Å². The van der Waals surface area contributed by atoms with Crippen LogP contribution in [0.5, 0.6) is 0 Å². The molecule has 1 heterocycles. The standard InChI is InChI=1S/C10H15IN2O2/c1-4-15-10(14)9(7(2)3)13-6-8(11)5-12-13/h5-7,9H,4H2,1-3H3. The van der Waals surface area contributed by atoms with Crippen LogP contribution in [-0.4, -0.2) is 22.4 Å². The second-order valence-electron chi connectivity index (χ2n) is 3.58. The largest absolute Gasteiger partial charge is 0.464 e. The SMILES string of the molecule is CCOC(=O)C(C(C)C)n1cc(I)cn1. The molecule has 1 atom stereocenters. The maximum atomic E-state index is 11.7. The van der Waals surface area contributed by atoms with Gasteiger partial charge in [0.15, 0.2) is 6.04 Å². The van der Waals surface area contributed by atoms with Crippen LogP contribution in [0.2, 0.25) is 0 Å². The first-order valence-electron chi connectivity index (χ1n) is 4.92. The van der Waals surface area contributed by atoms with Crippen molar-refractivity contribution in [2.75, 3.05) is 6.61 Å². The molecule has 4 nitrogen and oxygen atoms in total. The number of aromatic nitrogens is 2. The van der Waals surface area contributed by atoms with Gasteiger partial charge in [-0.15, -0.1) is 0 Å². The smallest absolute Gasteiger partial charge is 0.331 e. The number of carbonyl (C=O) groups is 1. The maximum absolute atomic E-state index is 11.7. The zero-order valence-electron chi connectivity index (χ0n) is 9.11. The van der Waals surface area contributed by atoms with Crippen molar-refractivity contribution in [3.05, 3.63) is 16.0 Å². The zero-order chi connectivity index (χ0) is 11.4. The minimum atomic E-state index is -0.325. The van der Waals surface area contributed by atoms with Crippen LogP contribution in [-0.2, 0) is 9.53 Å². The van der Waals surface area contributed by atoms with Crippen LogP contribution in [0.25, 0.3) is 0 Å². The molecule has 5 heteroatoms. The fraction of sp³-hybridized carbons (Fsp3) is 0.600. The van der Waals surface area contributed by atoms with Crippen molar-refractivity contribution in [2.45, 2.75) is 26.8 Å². The van der Waals surface area contributed by atoms with Crippen molar-refractivity contribution < 1.29 is 9.53 Å². The normalized spacial score (nSPS) is 12.9. The van der Waals surface area contributed by atoms with E-state index in [-0.39, 0.29) is 17.9 Å². The number of halogens is 1. The van der Waals surface area contributed by atoms with Crippen LogP contribution in [0.15, 0.2) is 12.4 Å². The van der Waals surface area contributed by atoms with Gasteiger partial charge in [-0.1, -0.05) is 13.8 Å². The van der Waals surface area contributed by atoms with Crippen LogP contribution >= 0.6 is 22.6 Å². The highest BCUT2D eigenvalue weighted by Crippen LogP contribution is 2.19. The van der Waals surface area contributed by atoms with E-state index < -0.39 is 0 Å². The van der Waals surface area contributed by atoms with Crippen molar-refractivity contribution in [2.24, 2.45) is 5.92 Å². The number of rotatable bonds is 4. The molecule has 0 fully saturated rings. The van der Waals surface area contributed by atoms with Gasteiger partial charge in [-0.3, -0.25) is 4.68 Å². The minimum absolute atomic E-state index is 0.166. The second-order valence-corrected chi connectivity index (χ2v) is 4.83. The lowest BCUT2D eigenvalue weighted by molar-refractivity contribution is -0.149. The van der Waals surface area contributed by atoms with Crippen LogP contribution < -0.4 is 0 Å². The maximum Gasteiger partial charge on any atom is 0.331 e. The highest BCUT2D eigenvalue weighted by molar-refractivity contribution is 14.1. The summed E-state index contributed by atoms with van der Waals surface area (Å²) < 4.78 is 7.71. The molecule has 0 saturated heterocycles. The Morgan fingerprint density at radius 3 is 2.73 bits per heavy atom. The monoisotopic (exact) mass is 322 g/mol. The molecule has 0 aliphatic carbocycles. The first kappa shape index (κ1) is 12.5. The molecule has 84 valence electrons. The van der Waals surface area contributed by atoms with Gasteiger partial charge in [0.1, 0.15) is 0 Å². The molecule has 0 aliphatic rings. The lowest BCUT2D eigenvalue weighted by Crippen LogP contribution is -2.26. The average Bonchev–Trinajstić information content (AvgIpc) is 2.51. The Kier molecular flexibility index (Phi) is 4.56. The lowest BCUT2D eigenvalue weighted by Gasteiger charge is -2.19. The Morgan fingerprint density at radius 2 is 2.33 bits per heavy atom. The van der Waals surface area contributed by atoms with Crippen LogP contribution in [0, 0.1) is 9.49 Å². The van der Waals surface area contributed by atoms with Crippen LogP contribution in [0.1, 0.15) is 26.8 Å². The fourth-order valence-corrected chi connectivity index (χ4v) is 1.79. The predicted octanol–water partition coefficient (Wildman–Crippen LogP) is 2.25. The van der Waals surface area contributed by atoms with Gasteiger partial charge >= 0.3 is 5.97 Å². The first-order valence-corrected chi connectivity index (χ1v) is 6.00. The van der Waals surface area contributed by atoms with E-state index >= 15 is 0 Å².